The molecule has 0 bridgehead atoms. The maximum absolute atomic E-state index is 13.2. The van der Waals surface area contributed by atoms with Crippen LogP contribution in [0, 0.1) is 6.92 Å². The molecular weight excluding hydrogens is 426 g/mol. The summed E-state index contributed by atoms with van der Waals surface area (Å²) in [5.74, 6) is 0.603. The summed E-state index contributed by atoms with van der Waals surface area (Å²) < 4.78 is 22.1. The average Bonchev–Trinajstić information content (AvgIpc) is 3.52. The fraction of sp³-hybridized carbons (Fsp3) is 0.200. The first-order chi connectivity index (χ1) is 16.0. The number of carbonyl (C=O) groups is 2. The number of nitrogens with zero attached hydrogens (tertiary/aromatic N) is 1. The van der Waals surface area contributed by atoms with Crippen LogP contribution in [0.5, 0.6) is 17.2 Å². The summed E-state index contributed by atoms with van der Waals surface area (Å²) in [6.45, 7) is 4.15. The largest absolute Gasteiger partial charge is 0.507 e. The molecule has 2 aliphatic rings. The van der Waals surface area contributed by atoms with Crippen LogP contribution in [0.15, 0.2) is 64.6 Å². The molecule has 168 valence electrons. The van der Waals surface area contributed by atoms with Gasteiger partial charge in [-0.2, -0.15) is 0 Å². The normalized spacial score (nSPS) is 18.7. The smallest absolute Gasteiger partial charge is 0.300 e. The predicted octanol–water partition coefficient (Wildman–Crippen LogP) is 4.34. The molecule has 3 heterocycles. The van der Waals surface area contributed by atoms with Crippen LogP contribution in [0.4, 0.5) is 5.69 Å². The summed E-state index contributed by atoms with van der Waals surface area (Å²) in [5.41, 5.74) is 0.704. The number of hydrogen-bond donors (Lipinski definition) is 1. The second kappa shape index (κ2) is 8.05. The number of aliphatic hydroxyl groups excluding tert-OH is 1. The van der Waals surface area contributed by atoms with Crippen molar-refractivity contribution >= 4 is 23.1 Å². The number of anilines is 1. The van der Waals surface area contributed by atoms with Gasteiger partial charge >= 0.3 is 0 Å². The molecule has 1 N–H and O–H groups in total. The van der Waals surface area contributed by atoms with Gasteiger partial charge in [-0.1, -0.05) is 6.07 Å². The number of benzene rings is 2. The number of amides is 1. The molecule has 2 aliphatic heterocycles. The van der Waals surface area contributed by atoms with E-state index < -0.39 is 17.7 Å². The maximum Gasteiger partial charge on any atom is 0.300 e. The third-order valence-electron chi connectivity index (χ3n) is 5.53. The SMILES string of the molecule is CCOc1cccc(N2C(=O)C(=O)/C(=C(\O)c3ccc4c(c3)OCO4)C2c2ccc(C)o2)c1. The van der Waals surface area contributed by atoms with E-state index in [9.17, 15) is 14.7 Å². The minimum Gasteiger partial charge on any atom is -0.507 e. The summed E-state index contributed by atoms with van der Waals surface area (Å²) >= 11 is 0. The van der Waals surface area contributed by atoms with Crippen molar-refractivity contribution in [3.8, 4) is 17.2 Å². The minimum absolute atomic E-state index is 0.0740. The van der Waals surface area contributed by atoms with Gasteiger partial charge in [0.05, 0.1) is 12.2 Å². The van der Waals surface area contributed by atoms with Gasteiger partial charge in [-0.05, 0) is 56.3 Å². The molecule has 1 aromatic heterocycles. The van der Waals surface area contributed by atoms with Crippen LogP contribution >= 0.6 is 0 Å². The molecule has 5 rings (SSSR count). The average molecular weight is 447 g/mol. The van der Waals surface area contributed by atoms with Crippen LogP contribution in [-0.2, 0) is 9.59 Å². The molecule has 0 aliphatic carbocycles. The molecule has 0 radical (unpaired) electrons. The summed E-state index contributed by atoms with van der Waals surface area (Å²) in [5, 5.41) is 11.2. The minimum atomic E-state index is -0.957. The first-order valence-electron chi connectivity index (χ1n) is 10.5. The third-order valence-corrected chi connectivity index (χ3v) is 5.53. The van der Waals surface area contributed by atoms with E-state index in [1.165, 1.54) is 4.90 Å². The zero-order valence-electron chi connectivity index (χ0n) is 18.0. The van der Waals surface area contributed by atoms with Gasteiger partial charge in [0.2, 0.25) is 6.79 Å². The van der Waals surface area contributed by atoms with Crippen LogP contribution in [-0.4, -0.2) is 30.2 Å². The lowest BCUT2D eigenvalue weighted by Gasteiger charge is -2.24. The van der Waals surface area contributed by atoms with E-state index in [1.807, 2.05) is 6.92 Å². The molecule has 1 saturated heterocycles. The molecule has 1 unspecified atom stereocenters. The number of ketones is 1. The number of hydrogen-bond acceptors (Lipinski definition) is 7. The zero-order chi connectivity index (χ0) is 23.1. The van der Waals surface area contributed by atoms with Crippen LogP contribution in [0.3, 0.4) is 0 Å². The highest BCUT2D eigenvalue weighted by molar-refractivity contribution is 6.51. The summed E-state index contributed by atoms with van der Waals surface area (Å²) in [6.07, 6.45) is 0. The molecule has 2 aromatic carbocycles. The van der Waals surface area contributed by atoms with E-state index in [4.69, 9.17) is 18.6 Å². The van der Waals surface area contributed by atoms with Crippen molar-refractivity contribution in [2.24, 2.45) is 0 Å². The Morgan fingerprint density at radius 2 is 1.91 bits per heavy atom. The number of aliphatic hydroxyl groups is 1. The number of Topliss-reactive ketones (excluding diaryl/α,β-unsaturated/α-hetero) is 1. The maximum atomic E-state index is 13.2. The van der Waals surface area contributed by atoms with Crippen molar-refractivity contribution in [2.45, 2.75) is 19.9 Å². The third kappa shape index (κ3) is 3.49. The van der Waals surface area contributed by atoms with Crippen LogP contribution in [0.25, 0.3) is 5.76 Å². The Morgan fingerprint density at radius 1 is 1.09 bits per heavy atom. The highest BCUT2D eigenvalue weighted by atomic mass is 16.7. The van der Waals surface area contributed by atoms with Gasteiger partial charge in [-0.25, -0.2) is 0 Å². The van der Waals surface area contributed by atoms with Gasteiger partial charge < -0.3 is 23.7 Å². The summed E-state index contributed by atoms with van der Waals surface area (Å²) in [6, 6.07) is 14.2. The quantitative estimate of drug-likeness (QED) is 0.353. The molecule has 0 saturated carbocycles. The topological polar surface area (TPSA) is 98.4 Å². The molecule has 1 amide bonds. The lowest BCUT2D eigenvalue weighted by Crippen LogP contribution is -2.29. The van der Waals surface area contributed by atoms with E-state index in [0.717, 1.165) is 0 Å². The Hall–Kier alpha value is -4.20. The Labute approximate surface area is 189 Å². The first kappa shape index (κ1) is 20.7. The Kier molecular flexibility index (Phi) is 5.05. The molecule has 8 heteroatoms. The molecule has 0 spiro atoms. The lowest BCUT2D eigenvalue weighted by atomic mass is 9.99. The van der Waals surface area contributed by atoms with E-state index in [2.05, 4.69) is 0 Å². The van der Waals surface area contributed by atoms with Crippen molar-refractivity contribution in [3.05, 3.63) is 77.3 Å². The monoisotopic (exact) mass is 447 g/mol. The van der Waals surface area contributed by atoms with Gasteiger partial charge in [0, 0.05) is 17.3 Å². The highest BCUT2D eigenvalue weighted by Gasteiger charge is 2.48. The Balaban J connectivity index is 1.67. The summed E-state index contributed by atoms with van der Waals surface area (Å²) in [4.78, 5) is 27.7. The van der Waals surface area contributed by atoms with E-state index in [0.29, 0.717) is 46.6 Å². The second-order valence-electron chi connectivity index (χ2n) is 7.62. The Bertz CT molecular complexity index is 1290. The van der Waals surface area contributed by atoms with Crippen molar-refractivity contribution < 1.29 is 33.3 Å². The van der Waals surface area contributed by atoms with Crippen LogP contribution < -0.4 is 19.1 Å². The van der Waals surface area contributed by atoms with Crippen molar-refractivity contribution in [2.75, 3.05) is 18.3 Å². The first-order valence-corrected chi connectivity index (χ1v) is 10.5. The van der Waals surface area contributed by atoms with Crippen molar-refractivity contribution in [1.82, 2.24) is 0 Å². The van der Waals surface area contributed by atoms with Crippen LogP contribution in [0.1, 0.15) is 30.0 Å². The van der Waals surface area contributed by atoms with E-state index >= 15 is 0 Å². The number of carbonyl (C=O) groups excluding carboxylic acids is 2. The van der Waals surface area contributed by atoms with Gasteiger partial charge in [-0.3, -0.25) is 14.5 Å². The fourth-order valence-electron chi connectivity index (χ4n) is 4.06. The van der Waals surface area contributed by atoms with Crippen LogP contribution in [0.2, 0.25) is 0 Å². The standard InChI is InChI=1S/C25H21NO7/c1-3-30-17-6-4-5-16(12-17)26-22(19-9-7-14(2)33-19)21(24(28)25(26)29)23(27)15-8-10-18-20(11-15)32-13-31-18/h4-12,22,27H,3,13H2,1-2H3/b23-21-. The van der Waals surface area contributed by atoms with Crippen molar-refractivity contribution in [1.29, 1.82) is 0 Å². The Morgan fingerprint density at radius 3 is 2.67 bits per heavy atom. The molecule has 1 atom stereocenters. The molecule has 33 heavy (non-hydrogen) atoms. The fourth-order valence-corrected chi connectivity index (χ4v) is 4.06. The van der Waals surface area contributed by atoms with Gasteiger partial charge in [-0.15, -0.1) is 0 Å². The number of rotatable bonds is 5. The number of aryl methyl sites for hydroxylation is 1. The second-order valence-corrected chi connectivity index (χ2v) is 7.62. The van der Waals surface area contributed by atoms with Gasteiger partial charge in [0.15, 0.2) is 11.5 Å². The van der Waals surface area contributed by atoms with E-state index in [-0.39, 0.29) is 18.1 Å². The molecule has 8 nitrogen and oxygen atoms in total. The molecular formula is C25H21NO7. The zero-order valence-corrected chi connectivity index (χ0v) is 18.0. The van der Waals surface area contributed by atoms with Gasteiger partial charge in [0.25, 0.3) is 11.7 Å². The van der Waals surface area contributed by atoms with Crippen molar-refractivity contribution in [3.63, 3.8) is 0 Å². The number of furan rings is 1. The number of fused-ring (bicyclic) bond motifs is 1. The van der Waals surface area contributed by atoms with E-state index in [1.54, 1.807) is 61.5 Å². The summed E-state index contributed by atoms with van der Waals surface area (Å²) in [7, 11) is 0. The predicted molar refractivity (Wildman–Crippen MR) is 118 cm³/mol. The lowest BCUT2D eigenvalue weighted by molar-refractivity contribution is -0.132. The highest BCUT2D eigenvalue weighted by Crippen LogP contribution is 2.44. The molecule has 3 aromatic rings. The number of ether oxygens (including phenoxy) is 3. The van der Waals surface area contributed by atoms with Gasteiger partial charge in [0.1, 0.15) is 29.1 Å². The molecule has 1 fully saturated rings.